The maximum Gasteiger partial charge on any atom is 1.00 e. The Balaban J connectivity index is 0.00000192. The molecule has 1 aromatic carbocycles. The second kappa shape index (κ2) is 10.5. The molecule has 3 atom stereocenters. The van der Waals surface area contributed by atoms with Gasteiger partial charge in [0.05, 0.1) is 5.44 Å². The maximum absolute atomic E-state index is 5.94. The van der Waals surface area contributed by atoms with Gasteiger partial charge in [0.25, 0.3) is 0 Å². The minimum absolute atomic E-state index is 0. The minimum atomic E-state index is 0. The first-order valence-electron chi connectivity index (χ1n) is 8.33. The second-order valence-corrected chi connectivity index (χ2v) is 7.62. The molecule has 2 heterocycles. The monoisotopic (exact) mass is 453 g/mol. The van der Waals surface area contributed by atoms with E-state index in [-0.39, 0.29) is 74.3 Å². The van der Waals surface area contributed by atoms with Crippen molar-refractivity contribution in [3.05, 3.63) is 30.9 Å². The molecule has 23 heavy (non-hydrogen) atoms. The molecule has 0 aliphatic carbocycles. The molecular weight excluding hydrogens is 427 g/mol. The maximum atomic E-state index is 5.94. The first kappa shape index (κ1) is 20.7. The van der Waals surface area contributed by atoms with E-state index in [0.29, 0.717) is 12.0 Å². The van der Waals surface area contributed by atoms with Crippen molar-refractivity contribution in [2.45, 2.75) is 49.5 Å². The first-order valence-corrected chi connectivity index (χ1v) is 9.21. The van der Waals surface area contributed by atoms with Gasteiger partial charge in [0.15, 0.2) is 0 Å². The third kappa shape index (κ3) is 6.53. The summed E-state index contributed by atoms with van der Waals surface area (Å²) in [6.45, 7) is 9.46. The van der Waals surface area contributed by atoms with E-state index in [0.717, 1.165) is 25.3 Å². The van der Waals surface area contributed by atoms with E-state index in [1.807, 2.05) is 12.7 Å². The van der Waals surface area contributed by atoms with Crippen LogP contribution < -0.4 is 73.6 Å². The largest absolute Gasteiger partial charge is 1.00 e. The molecular formula is C18H26CsNO2S. The van der Waals surface area contributed by atoms with Gasteiger partial charge in [-0.15, -0.1) is 5.92 Å². The summed E-state index contributed by atoms with van der Waals surface area (Å²) in [6, 6.07) is 9.08. The number of nitrogens with zero attached hydrogens (tertiary/aromatic N) is 1. The Bertz CT molecular complexity index is 488. The van der Waals surface area contributed by atoms with Crippen LogP contribution >= 0.6 is 11.8 Å². The number of benzene rings is 1. The Kier molecular flexibility index (Phi) is 9.41. The van der Waals surface area contributed by atoms with Crippen LogP contribution in [0.4, 0.5) is 0 Å². The molecule has 2 aliphatic rings. The molecule has 2 aliphatic heterocycles. The van der Waals surface area contributed by atoms with Gasteiger partial charge in [-0.05, 0) is 50.9 Å². The molecule has 0 bridgehead atoms. The standard InChI is InChI=1S/C18H26NO2S.Cs/c1-14-11-18(21-13-14)22-17-7-3-6-16(12-17)20-10-9-19-8-4-5-15(19)2;/h3,6-7,12-15,18H,4-5,8-11H2,1-2H3;/q-1;+1/t14-,15?,18?;/m1./s1. The summed E-state index contributed by atoms with van der Waals surface area (Å²) in [4.78, 5) is 3.74. The van der Waals surface area contributed by atoms with Crippen LogP contribution in [0.2, 0.25) is 0 Å². The second-order valence-electron chi connectivity index (χ2n) is 6.38. The van der Waals surface area contributed by atoms with Crippen molar-refractivity contribution >= 4 is 11.8 Å². The molecule has 5 heteroatoms. The molecule has 3 nitrogen and oxygen atoms in total. The van der Waals surface area contributed by atoms with Gasteiger partial charge in [0.2, 0.25) is 0 Å². The topological polar surface area (TPSA) is 21.7 Å². The van der Waals surface area contributed by atoms with Gasteiger partial charge in [-0.3, -0.25) is 4.90 Å². The zero-order chi connectivity index (χ0) is 15.4. The van der Waals surface area contributed by atoms with E-state index in [1.54, 1.807) is 11.8 Å². The average molecular weight is 453 g/mol. The summed E-state index contributed by atoms with van der Waals surface area (Å²) < 4.78 is 11.6. The van der Waals surface area contributed by atoms with Crippen LogP contribution in [0.5, 0.6) is 5.75 Å². The Morgan fingerprint density at radius 1 is 1.39 bits per heavy atom. The Morgan fingerprint density at radius 2 is 2.26 bits per heavy atom. The number of rotatable bonds is 6. The van der Waals surface area contributed by atoms with Crippen molar-refractivity contribution in [1.82, 2.24) is 4.90 Å². The third-order valence-electron chi connectivity index (χ3n) is 4.44. The Labute approximate surface area is 203 Å². The summed E-state index contributed by atoms with van der Waals surface area (Å²) in [5.74, 6) is 1.52. The molecule has 2 unspecified atom stereocenters. The van der Waals surface area contributed by atoms with E-state index in [9.17, 15) is 0 Å². The van der Waals surface area contributed by atoms with Gasteiger partial charge >= 0.3 is 68.9 Å². The van der Waals surface area contributed by atoms with E-state index in [4.69, 9.17) is 9.47 Å². The summed E-state index contributed by atoms with van der Waals surface area (Å²) in [7, 11) is 0. The van der Waals surface area contributed by atoms with Gasteiger partial charge in [-0.25, -0.2) is 6.61 Å². The molecule has 2 saturated heterocycles. The number of hydrogen-bond donors (Lipinski definition) is 0. The van der Waals surface area contributed by atoms with Crippen LogP contribution in [0.1, 0.15) is 33.1 Å². The van der Waals surface area contributed by atoms with Gasteiger partial charge in [0.1, 0.15) is 12.4 Å². The van der Waals surface area contributed by atoms with E-state index in [2.05, 4.69) is 36.9 Å². The number of thioether (sulfide) groups is 1. The third-order valence-corrected chi connectivity index (χ3v) is 5.53. The molecule has 0 saturated carbocycles. The van der Waals surface area contributed by atoms with Crippen LogP contribution in [0.3, 0.4) is 0 Å². The van der Waals surface area contributed by atoms with E-state index in [1.165, 1.54) is 24.3 Å². The molecule has 0 aromatic heterocycles. The van der Waals surface area contributed by atoms with Crippen molar-refractivity contribution < 1.29 is 78.4 Å². The normalized spacial score (nSPS) is 27.8. The predicted molar refractivity (Wildman–Crippen MR) is 91.0 cm³/mol. The summed E-state index contributed by atoms with van der Waals surface area (Å²) in [5, 5.41) is 0. The molecule has 0 amide bonds. The number of likely N-dealkylation sites (tertiary alicyclic amines) is 1. The van der Waals surface area contributed by atoms with Crippen LogP contribution in [-0.2, 0) is 4.74 Å². The van der Waals surface area contributed by atoms with Crippen LogP contribution in [0.25, 0.3) is 0 Å². The Hall–Kier alpha value is 1.34. The zero-order valence-electron chi connectivity index (χ0n) is 14.5. The predicted octanol–water partition coefficient (Wildman–Crippen LogP) is 1.19. The van der Waals surface area contributed by atoms with E-state index >= 15 is 0 Å². The molecule has 0 radical (unpaired) electrons. The van der Waals surface area contributed by atoms with Crippen molar-refractivity contribution in [1.29, 1.82) is 0 Å². The fraction of sp³-hybridized carbons (Fsp3) is 0.611. The van der Waals surface area contributed by atoms with E-state index < -0.39 is 0 Å². The fourth-order valence-corrected chi connectivity index (χ4v) is 4.27. The van der Waals surface area contributed by atoms with Crippen LogP contribution in [0.15, 0.2) is 29.2 Å². The quantitative estimate of drug-likeness (QED) is 0.604. The summed E-state index contributed by atoms with van der Waals surface area (Å²) >= 11 is 1.78. The number of ether oxygens (including phenoxy) is 2. The van der Waals surface area contributed by atoms with Crippen molar-refractivity contribution in [3.63, 3.8) is 0 Å². The first-order chi connectivity index (χ1) is 10.7. The van der Waals surface area contributed by atoms with Gasteiger partial charge in [0, 0.05) is 17.5 Å². The molecule has 0 N–H and O–H groups in total. The fourth-order valence-electron chi connectivity index (χ4n) is 3.11. The van der Waals surface area contributed by atoms with Crippen molar-refractivity contribution in [2.75, 3.05) is 19.7 Å². The van der Waals surface area contributed by atoms with Gasteiger partial charge in [-0.2, -0.15) is 0 Å². The molecule has 122 valence electrons. The SMILES string of the molecule is CC1CCCN1CCOc1cccc(SC2C[C@@H](C)[CH-]O2)c1.[Cs+]. The zero-order valence-corrected chi connectivity index (χ0v) is 21.6. The minimum Gasteiger partial charge on any atom is -0.542 e. The molecule has 3 rings (SSSR count). The van der Waals surface area contributed by atoms with Crippen LogP contribution in [0, 0.1) is 12.5 Å². The average Bonchev–Trinajstić information content (AvgIpc) is 3.09. The van der Waals surface area contributed by atoms with Gasteiger partial charge in [-0.1, -0.05) is 24.8 Å². The molecule has 0 spiro atoms. The molecule has 2 fully saturated rings. The number of hydrogen-bond acceptors (Lipinski definition) is 4. The smallest absolute Gasteiger partial charge is 0.542 e. The van der Waals surface area contributed by atoms with Gasteiger partial charge < -0.3 is 9.47 Å². The molecule has 1 aromatic rings. The van der Waals surface area contributed by atoms with Crippen molar-refractivity contribution in [3.8, 4) is 5.75 Å². The summed E-state index contributed by atoms with van der Waals surface area (Å²) in [6.07, 6.45) is 3.73. The van der Waals surface area contributed by atoms with Crippen LogP contribution in [-0.4, -0.2) is 36.1 Å². The Morgan fingerprint density at radius 3 is 2.96 bits per heavy atom. The summed E-state index contributed by atoms with van der Waals surface area (Å²) in [5.41, 5.74) is 0.246. The van der Waals surface area contributed by atoms with Crippen molar-refractivity contribution in [2.24, 2.45) is 5.92 Å².